The first-order valence-electron chi connectivity index (χ1n) is 3.51. The van der Waals surface area contributed by atoms with E-state index in [2.05, 4.69) is 31.7 Å². The Morgan fingerprint density at radius 3 is 1.54 bits per heavy atom. The third-order valence-electron chi connectivity index (χ3n) is 1.56. The summed E-state index contributed by atoms with van der Waals surface area (Å²) in [5.41, 5.74) is 5.37. The van der Waals surface area contributed by atoms with E-state index in [4.69, 9.17) is 0 Å². The van der Waals surface area contributed by atoms with Crippen LogP contribution in [0.25, 0.3) is 0 Å². The zero-order valence-corrected chi connectivity index (χ0v) is 10.00. The van der Waals surface area contributed by atoms with Crippen LogP contribution in [0.15, 0.2) is 30.3 Å². The van der Waals surface area contributed by atoms with Crippen LogP contribution in [-0.4, -0.2) is 0 Å². The maximum Gasteiger partial charge on any atom is 0.114 e. The molecule has 1 aromatic carbocycles. The van der Waals surface area contributed by atoms with Crippen LogP contribution in [0.4, 0.5) is 0 Å². The molecule has 0 radical (unpaired) electrons. The SMILES string of the molecule is CC(C)([NH3+])c1ccccc1.[Cl-].[Cl-].[Cl-]. The second kappa shape index (κ2) is 7.45. The van der Waals surface area contributed by atoms with Gasteiger partial charge in [0.05, 0.1) is 0 Å². The molecule has 0 unspecified atom stereocenters. The van der Waals surface area contributed by atoms with Crippen molar-refractivity contribution in [2.24, 2.45) is 0 Å². The fourth-order valence-electron chi connectivity index (χ4n) is 0.889. The first-order valence-corrected chi connectivity index (χ1v) is 3.51. The van der Waals surface area contributed by atoms with E-state index in [0.29, 0.717) is 0 Å². The van der Waals surface area contributed by atoms with E-state index in [1.54, 1.807) is 0 Å². The molecule has 0 saturated heterocycles. The molecule has 0 heterocycles. The van der Waals surface area contributed by atoms with E-state index in [0.717, 1.165) is 0 Å². The number of hydrogen-bond acceptors (Lipinski definition) is 0. The minimum atomic E-state index is 0. The van der Waals surface area contributed by atoms with Gasteiger partial charge in [-0.05, 0) is 13.8 Å². The summed E-state index contributed by atoms with van der Waals surface area (Å²) < 4.78 is 0. The fraction of sp³-hybridized carbons (Fsp3) is 0.333. The summed E-state index contributed by atoms with van der Waals surface area (Å²) in [5.74, 6) is 0. The van der Waals surface area contributed by atoms with Gasteiger partial charge in [0.25, 0.3) is 0 Å². The third kappa shape index (κ3) is 6.17. The first-order chi connectivity index (χ1) is 4.61. The Hall–Kier alpha value is 0.0500. The van der Waals surface area contributed by atoms with E-state index in [1.807, 2.05) is 18.2 Å². The molecule has 4 heteroatoms. The van der Waals surface area contributed by atoms with Crippen molar-refractivity contribution >= 4 is 0 Å². The van der Waals surface area contributed by atoms with Gasteiger partial charge in [-0.2, -0.15) is 0 Å². The molecule has 0 aliphatic carbocycles. The van der Waals surface area contributed by atoms with Crippen molar-refractivity contribution < 1.29 is 43.0 Å². The van der Waals surface area contributed by atoms with Crippen LogP contribution >= 0.6 is 0 Å². The molecule has 1 aromatic rings. The minimum Gasteiger partial charge on any atom is -1.00 e. The molecular formula is C9H14Cl3N-2. The number of benzene rings is 1. The third-order valence-corrected chi connectivity index (χ3v) is 1.56. The highest BCUT2D eigenvalue weighted by atomic mass is 35.5. The highest BCUT2D eigenvalue weighted by Crippen LogP contribution is 2.12. The molecule has 0 spiro atoms. The smallest absolute Gasteiger partial charge is 0.114 e. The van der Waals surface area contributed by atoms with Gasteiger partial charge in [-0.15, -0.1) is 0 Å². The van der Waals surface area contributed by atoms with Gasteiger partial charge in [-0.1, -0.05) is 30.3 Å². The average molecular weight is 243 g/mol. The lowest BCUT2D eigenvalue weighted by atomic mass is 9.96. The van der Waals surface area contributed by atoms with Gasteiger partial charge in [0, 0.05) is 5.56 Å². The van der Waals surface area contributed by atoms with Gasteiger partial charge in [0.15, 0.2) is 0 Å². The van der Waals surface area contributed by atoms with Gasteiger partial charge in [0.1, 0.15) is 5.54 Å². The highest BCUT2D eigenvalue weighted by Gasteiger charge is 2.16. The fourth-order valence-corrected chi connectivity index (χ4v) is 0.889. The Bertz CT molecular complexity index is 206. The summed E-state index contributed by atoms with van der Waals surface area (Å²) in [4.78, 5) is 0. The number of rotatable bonds is 1. The Labute approximate surface area is 98.3 Å². The van der Waals surface area contributed by atoms with Crippen molar-refractivity contribution in [2.75, 3.05) is 0 Å². The predicted octanol–water partition coefficient (Wildman–Crippen LogP) is -7.82. The van der Waals surface area contributed by atoms with Gasteiger partial charge >= 0.3 is 0 Å². The van der Waals surface area contributed by atoms with Crippen LogP contribution < -0.4 is 43.0 Å². The Kier molecular flexibility index (Phi) is 10.8. The van der Waals surface area contributed by atoms with Crippen molar-refractivity contribution in [2.45, 2.75) is 19.4 Å². The summed E-state index contributed by atoms with van der Waals surface area (Å²) in [5, 5.41) is 0. The second-order valence-electron chi connectivity index (χ2n) is 3.25. The zero-order valence-electron chi connectivity index (χ0n) is 7.73. The average Bonchev–Trinajstić information content (AvgIpc) is 1.88. The monoisotopic (exact) mass is 241 g/mol. The Morgan fingerprint density at radius 1 is 0.923 bits per heavy atom. The van der Waals surface area contributed by atoms with Gasteiger partial charge < -0.3 is 43.0 Å². The van der Waals surface area contributed by atoms with Gasteiger partial charge in [-0.3, -0.25) is 0 Å². The molecular weight excluding hydrogens is 228 g/mol. The number of quaternary nitrogens is 1. The summed E-state index contributed by atoms with van der Waals surface area (Å²) >= 11 is 0. The molecule has 1 rings (SSSR count). The maximum absolute atomic E-state index is 4.04. The van der Waals surface area contributed by atoms with Crippen molar-refractivity contribution in [3.8, 4) is 0 Å². The topological polar surface area (TPSA) is 27.6 Å². The molecule has 78 valence electrons. The molecule has 1 nitrogen and oxygen atoms in total. The number of hydrogen-bond donors (Lipinski definition) is 1. The molecule has 0 atom stereocenters. The molecule has 0 amide bonds. The molecule has 0 aliphatic heterocycles. The summed E-state index contributed by atoms with van der Waals surface area (Å²) in [6.45, 7) is 4.23. The molecule has 0 aliphatic rings. The lowest BCUT2D eigenvalue weighted by molar-refractivity contribution is -0.475. The van der Waals surface area contributed by atoms with Crippen LogP contribution in [-0.2, 0) is 5.54 Å². The van der Waals surface area contributed by atoms with Crippen molar-refractivity contribution in [3.63, 3.8) is 0 Å². The highest BCUT2D eigenvalue weighted by molar-refractivity contribution is 5.19. The van der Waals surface area contributed by atoms with E-state index < -0.39 is 0 Å². The molecule has 0 aromatic heterocycles. The summed E-state index contributed by atoms with van der Waals surface area (Å²) in [6, 6.07) is 10.3. The van der Waals surface area contributed by atoms with Crippen LogP contribution in [0.1, 0.15) is 19.4 Å². The molecule has 0 saturated carbocycles. The minimum absolute atomic E-state index is 0. The first kappa shape index (κ1) is 18.8. The lowest BCUT2D eigenvalue weighted by Crippen LogP contribution is -3.00. The van der Waals surface area contributed by atoms with Crippen LogP contribution in [0, 0.1) is 0 Å². The molecule has 13 heavy (non-hydrogen) atoms. The largest absolute Gasteiger partial charge is 1.00 e. The van der Waals surface area contributed by atoms with Gasteiger partial charge in [0.2, 0.25) is 0 Å². The van der Waals surface area contributed by atoms with Crippen molar-refractivity contribution in [1.82, 2.24) is 0 Å². The lowest BCUT2D eigenvalue weighted by Gasteiger charge is -2.14. The van der Waals surface area contributed by atoms with Crippen molar-refractivity contribution in [3.05, 3.63) is 35.9 Å². The maximum atomic E-state index is 4.04. The van der Waals surface area contributed by atoms with Crippen molar-refractivity contribution in [1.29, 1.82) is 0 Å². The normalized spacial score (nSPS) is 8.85. The molecule has 0 fully saturated rings. The van der Waals surface area contributed by atoms with Crippen LogP contribution in [0.2, 0.25) is 0 Å². The standard InChI is InChI=1S/C9H13N.3ClH/c1-9(2,10)8-6-4-3-5-7-8;;;/h3-7H,10H2,1-2H3;3*1H/p-2. The Morgan fingerprint density at radius 2 is 1.31 bits per heavy atom. The second-order valence-corrected chi connectivity index (χ2v) is 3.25. The van der Waals surface area contributed by atoms with E-state index in [9.17, 15) is 0 Å². The van der Waals surface area contributed by atoms with Crippen LogP contribution in [0.5, 0.6) is 0 Å². The number of halogens is 3. The Balaban J connectivity index is -0.000000333. The van der Waals surface area contributed by atoms with E-state index in [-0.39, 0.29) is 42.8 Å². The molecule has 3 N–H and O–H groups in total. The zero-order chi connectivity index (χ0) is 7.61. The van der Waals surface area contributed by atoms with E-state index >= 15 is 0 Å². The van der Waals surface area contributed by atoms with Gasteiger partial charge in [-0.25, -0.2) is 0 Å². The summed E-state index contributed by atoms with van der Waals surface area (Å²) in [7, 11) is 0. The van der Waals surface area contributed by atoms with Crippen LogP contribution in [0.3, 0.4) is 0 Å². The molecule has 0 bridgehead atoms. The summed E-state index contributed by atoms with van der Waals surface area (Å²) in [6.07, 6.45) is 0. The predicted molar refractivity (Wildman–Crippen MR) is 42.4 cm³/mol. The van der Waals surface area contributed by atoms with E-state index in [1.165, 1.54) is 5.56 Å². The quantitative estimate of drug-likeness (QED) is 0.507.